The van der Waals surface area contributed by atoms with E-state index in [0.717, 1.165) is 41.5 Å². The van der Waals surface area contributed by atoms with Crippen LogP contribution in [-0.4, -0.2) is 48.7 Å². The van der Waals surface area contributed by atoms with Crippen LogP contribution in [0.25, 0.3) is 29.1 Å². The molecular formula is C25H28N6. The number of pyridine rings is 1. The predicted molar refractivity (Wildman–Crippen MR) is 125 cm³/mol. The molecule has 1 aliphatic heterocycles. The largest absolute Gasteiger partial charge is 0.330 e. The number of rotatable bonds is 6. The minimum absolute atomic E-state index is 0.696. The lowest BCUT2D eigenvalue weighted by molar-refractivity contribution is 0.220. The third-order valence-corrected chi connectivity index (χ3v) is 5.93. The molecule has 4 heterocycles. The maximum Gasteiger partial charge on any atom is 0.175 e. The summed E-state index contributed by atoms with van der Waals surface area (Å²) in [6.07, 6.45) is 10.1. The van der Waals surface area contributed by atoms with Crippen molar-refractivity contribution >= 4 is 17.8 Å². The van der Waals surface area contributed by atoms with Crippen LogP contribution in [0.5, 0.6) is 0 Å². The summed E-state index contributed by atoms with van der Waals surface area (Å²) in [5, 5.41) is 4.61. The zero-order valence-corrected chi connectivity index (χ0v) is 18.0. The third kappa shape index (κ3) is 4.44. The predicted octanol–water partition coefficient (Wildman–Crippen LogP) is 4.56. The van der Waals surface area contributed by atoms with Gasteiger partial charge in [-0.05, 0) is 57.1 Å². The SMILES string of the molecule is Cc1cccc2nc(C=Cc3nc(-c4ccccc4)cn3CCN3CCCCC3)nn12. The second-order valence-corrected chi connectivity index (χ2v) is 8.19. The summed E-state index contributed by atoms with van der Waals surface area (Å²) in [6, 6.07) is 16.4. The van der Waals surface area contributed by atoms with Crippen molar-refractivity contribution in [1.29, 1.82) is 0 Å². The maximum atomic E-state index is 4.93. The Labute approximate surface area is 182 Å². The zero-order chi connectivity index (χ0) is 21.0. The Bertz CT molecular complexity index is 1180. The van der Waals surface area contributed by atoms with Gasteiger partial charge in [0.2, 0.25) is 0 Å². The van der Waals surface area contributed by atoms with Gasteiger partial charge in [-0.1, -0.05) is 42.8 Å². The van der Waals surface area contributed by atoms with Crippen molar-refractivity contribution in [3.63, 3.8) is 0 Å². The van der Waals surface area contributed by atoms with Gasteiger partial charge in [0.1, 0.15) is 5.82 Å². The molecule has 0 aliphatic carbocycles. The molecule has 0 bridgehead atoms. The number of imidazole rings is 1. The molecule has 0 N–H and O–H groups in total. The van der Waals surface area contributed by atoms with Crippen LogP contribution in [0.4, 0.5) is 0 Å². The molecule has 0 saturated carbocycles. The quantitative estimate of drug-likeness (QED) is 0.466. The van der Waals surface area contributed by atoms with Crippen LogP contribution in [0.2, 0.25) is 0 Å². The lowest BCUT2D eigenvalue weighted by Gasteiger charge is -2.26. The van der Waals surface area contributed by atoms with E-state index in [1.807, 2.05) is 47.9 Å². The number of hydrogen-bond acceptors (Lipinski definition) is 4. The van der Waals surface area contributed by atoms with E-state index in [4.69, 9.17) is 4.98 Å². The number of aryl methyl sites for hydroxylation is 1. The van der Waals surface area contributed by atoms with Gasteiger partial charge in [0.25, 0.3) is 0 Å². The number of aromatic nitrogens is 5. The highest BCUT2D eigenvalue weighted by Crippen LogP contribution is 2.20. The Morgan fingerprint density at radius 1 is 0.871 bits per heavy atom. The summed E-state index contributed by atoms with van der Waals surface area (Å²) in [6.45, 7) is 6.43. The first kappa shape index (κ1) is 19.7. The van der Waals surface area contributed by atoms with Crippen molar-refractivity contribution in [3.05, 3.63) is 72.1 Å². The van der Waals surface area contributed by atoms with E-state index in [2.05, 4.69) is 50.0 Å². The number of nitrogens with zero attached hydrogens (tertiary/aromatic N) is 6. The number of benzene rings is 1. The molecule has 0 atom stereocenters. The van der Waals surface area contributed by atoms with Crippen LogP contribution < -0.4 is 0 Å². The Kier molecular flexibility index (Phi) is 5.63. The molecule has 0 spiro atoms. The third-order valence-electron chi connectivity index (χ3n) is 5.93. The van der Waals surface area contributed by atoms with Gasteiger partial charge in [-0.15, -0.1) is 5.10 Å². The average Bonchev–Trinajstić information content (AvgIpc) is 3.42. The van der Waals surface area contributed by atoms with E-state index in [1.165, 1.54) is 32.4 Å². The van der Waals surface area contributed by atoms with Gasteiger partial charge in [0, 0.05) is 30.5 Å². The summed E-state index contributed by atoms with van der Waals surface area (Å²) in [5.74, 6) is 1.63. The van der Waals surface area contributed by atoms with Gasteiger partial charge in [-0.25, -0.2) is 14.5 Å². The van der Waals surface area contributed by atoms with Gasteiger partial charge < -0.3 is 9.47 Å². The van der Waals surface area contributed by atoms with Crippen molar-refractivity contribution in [2.24, 2.45) is 0 Å². The van der Waals surface area contributed by atoms with E-state index in [9.17, 15) is 0 Å². The molecule has 4 aromatic rings. The summed E-state index contributed by atoms with van der Waals surface area (Å²) in [7, 11) is 0. The molecule has 0 amide bonds. The molecule has 0 unspecified atom stereocenters. The van der Waals surface area contributed by atoms with Crippen LogP contribution in [0.1, 0.15) is 36.6 Å². The molecular weight excluding hydrogens is 384 g/mol. The van der Waals surface area contributed by atoms with Crippen LogP contribution in [-0.2, 0) is 6.54 Å². The van der Waals surface area contributed by atoms with Gasteiger partial charge in [-0.2, -0.15) is 0 Å². The Morgan fingerprint density at radius 3 is 2.52 bits per heavy atom. The summed E-state index contributed by atoms with van der Waals surface area (Å²) in [4.78, 5) is 12.1. The second-order valence-electron chi connectivity index (χ2n) is 8.19. The summed E-state index contributed by atoms with van der Waals surface area (Å²) in [5.41, 5.74) is 4.06. The first-order chi connectivity index (χ1) is 15.3. The lowest BCUT2D eigenvalue weighted by atomic mass is 10.1. The van der Waals surface area contributed by atoms with E-state index in [0.29, 0.717) is 5.82 Å². The summed E-state index contributed by atoms with van der Waals surface area (Å²) < 4.78 is 4.13. The number of hydrogen-bond donors (Lipinski definition) is 0. The van der Waals surface area contributed by atoms with Crippen molar-refractivity contribution in [3.8, 4) is 11.3 Å². The number of likely N-dealkylation sites (tertiary alicyclic amines) is 1. The number of piperidine rings is 1. The molecule has 6 nitrogen and oxygen atoms in total. The molecule has 1 aliphatic rings. The molecule has 1 aromatic carbocycles. The average molecular weight is 413 g/mol. The normalized spacial score (nSPS) is 15.3. The van der Waals surface area contributed by atoms with Crippen LogP contribution >= 0.6 is 0 Å². The molecule has 6 heteroatoms. The standard InChI is InChI=1S/C25H28N6/c1-20-9-8-12-25-27-23(28-31(20)25)13-14-24-26-22(21-10-4-2-5-11-21)19-30(24)18-17-29-15-6-3-7-16-29/h2,4-5,8-14,19H,3,6-7,15-18H2,1H3. The minimum atomic E-state index is 0.696. The highest BCUT2D eigenvalue weighted by atomic mass is 15.3. The highest BCUT2D eigenvalue weighted by molar-refractivity contribution is 5.67. The molecule has 3 aromatic heterocycles. The molecule has 1 saturated heterocycles. The monoisotopic (exact) mass is 412 g/mol. The molecule has 158 valence electrons. The van der Waals surface area contributed by atoms with E-state index in [1.54, 1.807) is 0 Å². The fourth-order valence-corrected chi connectivity index (χ4v) is 4.19. The zero-order valence-electron chi connectivity index (χ0n) is 18.0. The number of fused-ring (bicyclic) bond motifs is 1. The maximum absolute atomic E-state index is 4.93. The molecule has 1 fully saturated rings. The van der Waals surface area contributed by atoms with Gasteiger partial charge in [0.15, 0.2) is 11.5 Å². The Morgan fingerprint density at radius 2 is 1.71 bits per heavy atom. The smallest absolute Gasteiger partial charge is 0.175 e. The van der Waals surface area contributed by atoms with Crippen LogP contribution in [0.15, 0.2) is 54.7 Å². The first-order valence-electron chi connectivity index (χ1n) is 11.1. The molecule has 31 heavy (non-hydrogen) atoms. The van der Waals surface area contributed by atoms with Crippen LogP contribution in [0, 0.1) is 6.92 Å². The van der Waals surface area contributed by atoms with Crippen molar-refractivity contribution < 1.29 is 0 Å². The minimum Gasteiger partial charge on any atom is -0.330 e. The highest BCUT2D eigenvalue weighted by Gasteiger charge is 2.12. The van der Waals surface area contributed by atoms with E-state index >= 15 is 0 Å². The fraction of sp³-hybridized carbons (Fsp3) is 0.320. The van der Waals surface area contributed by atoms with Gasteiger partial charge in [-0.3, -0.25) is 0 Å². The van der Waals surface area contributed by atoms with Gasteiger partial charge in [0.05, 0.1) is 5.69 Å². The van der Waals surface area contributed by atoms with E-state index in [-0.39, 0.29) is 0 Å². The van der Waals surface area contributed by atoms with Crippen molar-refractivity contribution in [2.75, 3.05) is 19.6 Å². The second kappa shape index (κ2) is 8.86. The molecule has 0 radical (unpaired) electrons. The first-order valence-corrected chi connectivity index (χ1v) is 11.1. The Hall–Kier alpha value is -3.25. The van der Waals surface area contributed by atoms with E-state index < -0.39 is 0 Å². The Balaban J connectivity index is 1.42. The van der Waals surface area contributed by atoms with Gasteiger partial charge >= 0.3 is 0 Å². The molecule has 5 rings (SSSR count). The topological polar surface area (TPSA) is 51.2 Å². The van der Waals surface area contributed by atoms with Crippen LogP contribution in [0.3, 0.4) is 0 Å². The van der Waals surface area contributed by atoms with Crippen molar-refractivity contribution in [1.82, 2.24) is 29.0 Å². The van der Waals surface area contributed by atoms with Crippen molar-refractivity contribution in [2.45, 2.75) is 32.7 Å². The fourth-order valence-electron chi connectivity index (χ4n) is 4.19. The lowest BCUT2D eigenvalue weighted by Crippen LogP contribution is -2.32. The summed E-state index contributed by atoms with van der Waals surface area (Å²) >= 11 is 0.